The Morgan fingerprint density at radius 1 is 1.09 bits per heavy atom. The lowest BCUT2D eigenvalue weighted by atomic mass is 10.4. The van der Waals surface area contributed by atoms with E-state index in [1.54, 1.807) is 0 Å². The second-order valence-corrected chi connectivity index (χ2v) is 3.15. The van der Waals surface area contributed by atoms with Crippen LogP contribution >= 0.6 is 31.9 Å². The fourth-order valence-corrected chi connectivity index (χ4v) is 0.975. The number of hydrogen-bond donors (Lipinski definition) is 0. The molecule has 0 saturated heterocycles. The van der Waals surface area contributed by atoms with Crippen molar-refractivity contribution in [2.75, 3.05) is 0 Å². The maximum Gasteiger partial charge on any atom is 0.263 e. The summed E-state index contributed by atoms with van der Waals surface area (Å²) in [5.41, 5.74) is 0. The third-order valence-corrected chi connectivity index (χ3v) is 1.78. The molecule has 0 atom stereocenters. The molecule has 0 amide bonds. The van der Waals surface area contributed by atoms with Crippen LogP contribution in [0.5, 0.6) is 0 Å². The van der Waals surface area contributed by atoms with Crippen molar-refractivity contribution >= 4 is 41.2 Å². The van der Waals surface area contributed by atoms with Gasteiger partial charge >= 0.3 is 0 Å². The lowest BCUT2D eigenvalue weighted by Crippen LogP contribution is -1.84. The summed E-state index contributed by atoms with van der Waals surface area (Å²) in [4.78, 5) is 21.2. The summed E-state index contributed by atoms with van der Waals surface area (Å²) in [6.07, 6.45) is 0. The average molecular weight is 282 g/mol. The lowest BCUT2D eigenvalue weighted by molar-refractivity contribution is 0.105. The molecule has 0 fully saturated rings. The van der Waals surface area contributed by atoms with E-state index in [9.17, 15) is 9.59 Å². The highest BCUT2D eigenvalue weighted by Crippen LogP contribution is 2.13. The molecule has 0 saturated carbocycles. The molecule has 58 valence electrons. The first-order valence-corrected chi connectivity index (χ1v) is 4.19. The van der Waals surface area contributed by atoms with Crippen molar-refractivity contribution in [1.29, 1.82) is 0 Å². The second-order valence-electron chi connectivity index (χ2n) is 1.71. The Bertz CT molecular complexity index is 274. The molecule has 0 aliphatic rings. The molecule has 11 heavy (non-hydrogen) atoms. The number of furan rings is 1. The van der Waals surface area contributed by atoms with Crippen LogP contribution in [0.3, 0.4) is 0 Å². The molecule has 0 bridgehead atoms. The van der Waals surface area contributed by atoms with Gasteiger partial charge in [-0.2, -0.15) is 0 Å². The monoisotopic (exact) mass is 280 g/mol. The van der Waals surface area contributed by atoms with Crippen LogP contribution in [0.25, 0.3) is 0 Å². The Morgan fingerprint density at radius 3 is 1.64 bits per heavy atom. The summed E-state index contributed by atoms with van der Waals surface area (Å²) in [6, 6.07) is 2.84. The third kappa shape index (κ3) is 2.00. The number of halogens is 2. The first-order chi connectivity index (χ1) is 5.11. The van der Waals surface area contributed by atoms with E-state index < -0.39 is 0 Å². The second kappa shape index (κ2) is 3.32. The van der Waals surface area contributed by atoms with Crippen LogP contribution in [0, 0.1) is 0 Å². The van der Waals surface area contributed by atoms with Crippen LogP contribution in [0.15, 0.2) is 16.5 Å². The predicted octanol–water partition coefficient (Wildman–Crippen LogP) is 2.35. The van der Waals surface area contributed by atoms with Gasteiger partial charge in [0.15, 0.2) is 11.5 Å². The normalized spacial score (nSPS) is 9.64. The van der Waals surface area contributed by atoms with E-state index in [2.05, 4.69) is 31.9 Å². The molecular formula is C6H2Br2O3. The SMILES string of the molecule is O=C(Br)c1ccc(C(=O)Br)o1. The van der Waals surface area contributed by atoms with E-state index in [4.69, 9.17) is 4.42 Å². The number of rotatable bonds is 2. The Balaban J connectivity index is 2.99. The molecule has 0 unspecified atom stereocenters. The van der Waals surface area contributed by atoms with Crippen molar-refractivity contribution in [1.82, 2.24) is 0 Å². The van der Waals surface area contributed by atoms with Gasteiger partial charge in [0.25, 0.3) is 9.39 Å². The lowest BCUT2D eigenvalue weighted by Gasteiger charge is -1.84. The maximum absolute atomic E-state index is 10.6. The van der Waals surface area contributed by atoms with Crippen molar-refractivity contribution in [3.63, 3.8) is 0 Å². The molecule has 0 spiro atoms. The Labute approximate surface area is 79.0 Å². The molecule has 0 radical (unpaired) electrons. The topological polar surface area (TPSA) is 47.3 Å². The van der Waals surface area contributed by atoms with Gasteiger partial charge < -0.3 is 4.42 Å². The fourth-order valence-electron chi connectivity index (χ4n) is 0.549. The van der Waals surface area contributed by atoms with Crippen molar-refractivity contribution < 1.29 is 14.0 Å². The van der Waals surface area contributed by atoms with Gasteiger partial charge in [-0.3, -0.25) is 9.59 Å². The number of hydrogen-bond acceptors (Lipinski definition) is 3. The van der Waals surface area contributed by atoms with Gasteiger partial charge in [0.05, 0.1) is 0 Å². The summed E-state index contributed by atoms with van der Waals surface area (Å²) < 4.78 is 4.06. The minimum atomic E-state index is -0.377. The van der Waals surface area contributed by atoms with Crippen molar-refractivity contribution in [3.05, 3.63) is 23.7 Å². The zero-order valence-corrected chi connectivity index (χ0v) is 8.31. The van der Waals surface area contributed by atoms with Gasteiger partial charge in [0, 0.05) is 31.9 Å². The van der Waals surface area contributed by atoms with Crippen molar-refractivity contribution in [3.8, 4) is 0 Å². The minimum Gasteiger partial charge on any atom is -0.448 e. The predicted molar refractivity (Wildman–Crippen MR) is 45.2 cm³/mol. The fraction of sp³-hybridized carbons (Fsp3) is 0. The smallest absolute Gasteiger partial charge is 0.263 e. The highest BCUT2D eigenvalue weighted by atomic mass is 79.9. The molecular weight excluding hydrogens is 280 g/mol. The van der Waals surface area contributed by atoms with Gasteiger partial charge in [-0.25, -0.2) is 0 Å². The number of carbonyl (C=O) groups is 2. The molecule has 0 aromatic carbocycles. The van der Waals surface area contributed by atoms with E-state index in [0.29, 0.717) is 0 Å². The van der Waals surface area contributed by atoms with Gasteiger partial charge in [-0.05, 0) is 12.1 Å². The summed E-state index contributed by atoms with van der Waals surface area (Å²) in [5.74, 6) is 0.237. The molecule has 1 aromatic heterocycles. The molecule has 1 aromatic rings. The largest absolute Gasteiger partial charge is 0.448 e. The summed E-state index contributed by atoms with van der Waals surface area (Å²) in [5, 5.41) is 0. The maximum atomic E-state index is 10.6. The molecule has 1 rings (SSSR count). The summed E-state index contributed by atoms with van der Waals surface area (Å²) in [6.45, 7) is 0. The van der Waals surface area contributed by atoms with Crippen LogP contribution in [0.2, 0.25) is 0 Å². The molecule has 0 aliphatic carbocycles. The Kier molecular flexibility index (Phi) is 2.62. The molecule has 3 nitrogen and oxygen atoms in total. The van der Waals surface area contributed by atoms with Gasteiger partial charge in [0.1, 0.15) is 0 Å². The van der Waals surface area contributed by atoms with Gasteiger partial charge in [-0.1, -0.05) is 0 Å². The summed E-state index contributed by atoms with van der Waals surface area (Å²) in [7, 11) is 0. The van der Waals surface area contributed by atoms with Gasteiger partial charge in [-0.15, -0.1) is 0 Å². The van der Waals surface area contributed by atoms with Crippen LogP contribution in [-0.2, 0) is 0 Å². The summed E-state index contributed by atoms with van der Waals surface area (Å²) >= 11 is 5.37. The standard InChI is InChI=1S/C6H2Br2O3/c7-5(9)3-1-2-4(11-3)6(8)10/h1-2H. The van der Waals surface area contributed by atoms with Gasteiger partial charge in [0.2, 0.25) is 0 Å². The zero-order chi connectivity index (χ0) is 8.43. The first kappa shape index (κ1) is 8.67. The Morgan fingerprint density at radius 2 is 1.45 bits per heavy atom. The Hall–Kier alpha value is -0.420. The molecule has 5 heteroatoms. The quantitative estimate of drug-likeness (QED) is 0.782. The first-order valence-electron chi connectivity index (χ1n) is 2.61. The van der Waals surface area contributed by atoms with Crippen LogP contribution in [-0.4, -0.2) is 9.39 Å². The molecule has 1 heterocycles. The minimum absolute atomic E-state index is 0.118. The molecule has 0 aliphatic heterocycles. The van der Waals surface area contributed by atoms with Crippen LogP contribution in [0.1, 0.15) is 21.1 Å². The van der Waals surface area contributed by atoms with Crippen LogP contribution in [0.4, 0.5) is 0 Å². The third-order valence-electron chi connectivity index (χ3n) is 0.993. The number of carbonyl (C=O) groups excluding carboxylic acids is 2. The highest BCUT2D eigenvalue weighted by Gasteiger charge is 2.10. The van der Waals surface area contributed by atoms with Crippen molar-refractivity contribution in [2.24, 2.45) is 0 Å². The highest BCUT2D eigenvalue weighted by molar-refractivity contribution is 9.18. The van der Waals surface area contributed by atoms with E-state index in [1.807, 2.05) is 0 Å². The van der Waals surface area contributed by atoms with E-state index in [-0.39, 0.29) is 20.9 Å². The van der Waals surface area contributed by atoms with Crippen LogP contribution < -0.4 is 0 Å². The van der Waals surface area contributed by atoms with E-state index in [1.165, 1.54) is 12.1 Å². The average Bonchev–Trinajstić information content (AvgIpc) is 2.33. The van der Waals surface area contributed by atoms with Crippen molar-refractivity contribution in [2.45, 2.75) is 0 Å². The van der Waals surface area contributed by atoms with E-state index >= 15 is 0 Å². The zero-order valence-electron chi connectivity index (χ0n) is 5.14. The molecule has 0 N–H and O–H groups in total. The van der Waals surface area contributed by atoms with E-state index in [0.717, 1.165) is 0 Å².